The van der Waals surface area contributed by atoms with Crippen LogP contribution in [0.3, 0.4) is 0 Å². The summed E-state index contributed by atoms with van der Waals surface area (Å²) in [7, 11) is 1.33. The summed E-state index contributed by atoms with van der Waals surface area (Å²) in [6.45, 7) is 2.99. The second kappa shape index (κ2) is 8.83. The number of ether oxygens (including phenoxy) is 2. The molecule has 2 aromatic rings. The standard InChI is InChI=1S/C19H23N5O4S/c1-27-17(26)13-2-4-14(5-3-13)20-16(25)12-29-19-22-21-18(24(19)15-6-7-15)23-8-10-28-11-9-23/h2-5,15H,6-12H2,1H3,(H,20,25). The van der Waals surface area contributed by atoms with Gasteiger partial charge in [-0.2, -0.15) is 0 Å². The van der Waals surface area contributed by atoms with Gasteiger partial charge in [-0.3, -0.25) is 9.36 Å². The Labute approximate surface area is 172 Å². The molecule has 1 saturated heterocycles. The number of morpholine rings is 1. The fourth-order valence-corrected chi connectivity index (χ4v) is 3.93. The number of carbonyl (C=O) groups is 2. The van der Waals surface area contributed by atoms with Crippen LogP contribution in [0.25, 0.3) is 0 Å². The Kier molecular flexibility index (Phi) is 6.00. The van der Waals surface area contributed by atoms with Gasteiger partial charge >= 0.3 is 5.97 Å². The van der Waals surface area contributed by atoms with E-state index in [4.69, 9.17) is 4.74 Å². The van der Waals surface area contributed by atoms with Crippen LogP contribution in [0.2, 0.25) is 0 Å². The molecule has 9 nitrogen and oxygen atoms in total. The van der Waals surface area contributed by atoms with Gasteiger partial charge in [0.2, 0.25) is 11.9 Å². The van der Waals surface area contributed by atoms with E-state index in [0.717, 1.165) is 37.0 Å². The first-order chi connectivity index (χ1) is 14.2. The Morgan fingerprint density at radius 2 is 1.93 bits per heavy atom. The quantitative estimate of drug-likeness (QED) is 0.539. The van der Waals surface area contributed by atoms with Gasteiger partial charge in [0.05, 0.1) is 31.6 Å². The number of benzene rings is 1. The number of aromatic nitrogens is 3. The summed E-state index contributed by atoms with van der Waals surface area (Å²) >= 11 is 1.38. The SMILES string of the molecule is COC(=O)c1ccc(NC(=O)CSc2nnc(N3CCOCC3)n2C2CC2)cc1. The maximum Gasteiger partial charge on any atom is 0.337 e. The van der Waals surface area contributed by atoms with Crippen molar-refractivity contribution in [2.75, 3.05) is 49.4 Å². The Balaban J connectivity index is 1.37. The second-order valence-electron chi connectivity index (χ2n) is 6.89. The van der Waals surface area contributed by atoms with E-state index in [1.807, 2.05) is 0 Å². The summed E-state index contributed by atoms with van der Waals surface area (Å²) in [5, 5.41) is 12.3. The van der Waals surface area contributed by atoms with E-state index in [1.165, 1.54) is 18.9 Å². The predicted octanol–water partition coefficient (Wildman–Crippen LogP) is 1.97. The highest BCUT2D eigenvalue weighted by Crippen LogP contribution is 2.41. The van der Waals surface area contributed by atoms with Crippen LogP contribution in [-0.4, -0.2) is 65.8 Å². The summed E-state index contributed by atoms with van der Waals surface area (Å²) in [5.74, 6) is 0.553. The molecule has 0 bridgehead atoms. The van der Waals surface area contributed by atoms with Crippen molar-refractivity contribution >= 4 is 35.3 Å². The number of hydrogen-bond acceptors (Lipinski definition) is 8. The zero-order chi connectivity index (χ0) is 20.2. The number of anilines is 2. The van der Waals surface area contributed by atoms with Crippen LogP contribution >= 0.6 is 11.8 Å². The van der Waals surface area contributed by atoms with Crippen molar-refractivity contribution < 1.29 is 19.1 Å². The Morgan fingerprint density at radius 3 is 2.59 bits per heavy atom. The minimum absolute atomic E-state index is 0.140. The zero-order valence-electron chi connectivity index (χ0n) is 16.2. The van der Waals surface area contributed by atoms with Crippen molar-refractivity contribution in [3.05, 3.63) is 29.8 Å². The lowest BCUT2D eigenvalue weighted by atomic mass is 10.2. The van der Waals surface area contributed by atoms with Gasteiger partial charge in [-0.05, 0) is 37.1 Å². The van der Waals surface area contributed by atoms with Gasteiger partial charge in [-0.1, -0.05) is 11.8 Å². The largest absolute Gasteiger partial charge is 0.465 e. The molecule has 4 rings (SSSR count). The lowest BCUT2D eigenvalue weighted by Crippen LogP contribution is -2.38. The predicted molar refractivity (Wildman–Crippen MR) is 108 cm³/mol. The smallest absolute Gasteiger partial charge is 0.337 e. The van der Waals surface area contributed by atoms with Crippen LogP contribution in [0, 0.1) is 0 Å². The summed E-state index contributed by atoms with van der Waals surface area (Å²) in [6, 6.07) is 7.01. The third-order valence-electron chi connectivity index (χ3n) is 4.77. The topological polar surface area (TPSA) is 98.6 Å². The Bertz CT molecular complexity index is 875. The molecule has 1 aromatic carbocycles. The summed E-state index contributed by atoms with van der Waals surface area (Å²) in [5.41, 5.74) is 1.06. The fraction of sp³-hybridized carbons (Fsp3) is 0.474. The number of nitrogens with one attached hydrogen (secondary N) is 1. The molecular weight excluding hydrogens is 394 g/mol. The molecule has 1 aliphatic heterocycles. The number of nitrogens with zero attached hydrogens (tertiary/aromatic N) is 4. The molecule has 0 unspecified atom stereocenters. The van der Waals surface area contributed by atoms with Crippen molar-refractivity contribution in [1.29, 1.82) is 0 Å². The van der Waals surface area contributed by atoms with E-state index in [2.05, 4.69) is 29.7 Å². The third kappa shape index (κ3) is 4.70. The molecule has 29 heavy (non-hydrogen) atoms. The maximum absolute atomic E-state index is 12.4. The van der Waals surface area contributed by atoms with Crippen LogP contribution in [0.4, 0.5) is 11.6 Å². The molecule has 0 spiro atoms. The molecule has 10 heteroatoms. The van der Waals surface area contributed by atoms with E-state index in [1.54, 1.807) is 24.3 Å². The van der Waals surface area contributed by atoms with E-state index < -0.39 is 5.97 Å². The van der Waals surface area contributed by atoms with Crippen molar-refractivity contribution in [1.82, 2.24) is 14.8 Å². The van der Waals surface area contributed by atoms with Crippen molar-refractivity contribution in [2.24, 2.45) is 0 Å². The first kappa shape index (κ1) is 19.7. The Hall–Kier alpha value is -2.59. The monoisotopic (exact) mass is 417 g/mol. The second-order valence-corrected chi connectivity index (χ2v) is 7.83. The van der Waals surface area contributed by atoms with Gasteiger partial charge in [-0.15, -0.1) is 10.2 Å². The van der Waals surface area contributed by atoms with Gasteiger partial charge in [0.1, 0.15) is 0 Å². The maximum atomic E-state index is 12.4. The van der Waals surface area contributed by atoms with E-state index in [-0.39, 0.29) is 11.7 Å². The van der Waals surface area contributed by atoms with Gasteiger partial charge < -0.3 is 19.7 Å². The molecule has 1 amide bonds. The normalized spacial score (nSPS) is 16.5. The zero-order valence-corrected chi connectivity index (χ0v) is 17.0. The molecule has 1 aromatic heterocycles. The van der Waals surface area contributed by atoms with Crippen LogP contribution in [0.1, 0.15) is 29.2 Å². The fourth-order valence-electron chi connectivity index (χ4n) is 3.13. The number of amides is 1. The van der Waals surface area contributed by atoms with Gasteiger partial charge in [-0.25, -0.2) is 4.79 Å². The highest BCUT2D eigenvalue weighted by atomic mass is 32.2. The van der Waals surface area contributed by atoms with Crippen molar-refractivity contribution in [2.45, 2.75) is 24.0 Å². The van der Waals surface area contributed by atoms with E-state index >= 15 is 0 Å². The first-order valence-corrected chi connectivity index (χ1v) is 10.5. The highest BCUT2D eigenvalue weighted by Gasteiger charge is 2.32. The van der Waals surface area contributed by atoms with Gasteiger partial charge in [0, 0.05) is 24.8 Å². The Morgan fingerprint density at radius 1 is 1.21 bits per heavy atom. The average Bonchev–Trinajstić information content (AvgIpc) is 3.51. The summed E-state index contributed by atoms with van der Waals surface area (Å²) < 4.78 is 12.3. The number of thioether (sulfide) groups is 1. The lowest BCUT2D eigenvalue weighted by Gasteiger charge is -2.27. The number of esters is 1. The van der Waals surface area contributed by atoms with Crippen LogP contribution < -0.4 is 10.2 Å². The van der Waals surface area contributed by atoms with Crippen LogP contribution in [0.5, 0.6) is 0 Å². The molecule has 2 aliphatic rings. The molecule has 154 valence electrons. The van der Waals surface area contributed by atoms with Crippen molar-refractivity contribution in [3.63, 3.8) is 0 Å². The number of hydrogen-bond donors (Lipinski definition) is 1. The number of methoxy groups -OCH3 is 1. The molecule has 0 atom stereocenters. The molecule has 0 radical (unpaired) electrons. The van der Waals surface area contributed by atoms with Crippen molar-refractivity contribution in [3.8, 4) is 0 Å². The molecule has 1 N–H and O–H groups in total. The minimum atomic E-state index is -0.408. The molecular formula is C19H23N5O4S. The minimum Gasteiger partial charge on any atom is -0.465 e. The first-order valence-electron chi connectivity index (χ1n) is 9.54. The summed E-state index contributed by atoms with van der Waals surface area (Å²) in [6.07, 6.45) is 2.23. The van der Waals surface area contributed by atoms with E-state index in [9.17, 15) is 9.59 Å². The number of carbonyl (C=O) groups excluding carboxylic acids is 2. The number of rotatable bonds is 7. The van der Waals surface area contributed by atoms with Crippen LogP contribution in [-0.2, 0) is 14.3 Å². The van der Waals surface area contributed by atoms with Gasteiger partial charge in [0.15, 0.2) is 5.16 Å². The lowest BCUT2D eigenvalue weighted by molar-refractivity contribution is -0.113. The third-order valence-corrected chi connectivity index (χ3v) is 5.72. The van der Waals surface area contributed by atoms with E-state index in [0.29, 0.717) is 30.5 Å². The van der Waals surface area contributed by atoms with Crippen LogP contribution in [0.15, 0.2) is 29.4 Å². The average molecular weight is 417 g/mol. The summed E-state index contributed by atoms with van der Waals surface area (Å²) in [4.78, 5) is 26.0. The molecule has 1 aliphatic carbocycles. The molecule has 2 fully saturated rings. The molecule has 1 saturated carbocycles. The molecule has 2 heterocycles. The highest BCUT2D eigenvalue weighted by molar-refractivity contribution is 7.99. The van der Waals surface area contributed by atoms with Gasteiger partial charge in [0.25, 0.3) is 0 Å².